The number of nitrogens with one attached hydrogen (secondary N) is 2. The fourth-order valence-corrected chi connectivity index (χ4v) is 3.10. The highest BCUT2D eigenvalue weighted by Crippen LogP contribution is 2.35. The lowest BCUT2D eigenvalue weighted by atomic mass is 9.75. The minimum atomic E-state index is -0.0345. The van der Waals surface area contributed by atoms with Crippen molar-refractivity contribution >= 4 is 11.8 Å². The van der Waals surface area contributed by atoms with E-state index >= 15 is 0 Å². The fraction of sp³-hybridized carbons (Fsp3) is 0.857. The summed E-state index contributed by atoms with van der Waals surface area (Å²) in [4.78, 5) is 23.2. The van der Waals surface area contributed by atoms with Crippen LogP contribution in [-0.2, 0) is 9.59 Å². The molecule has 0 bridgehead atoms. The summed E-state index contributed by atoms with van der Waals surface area (Å²) in [6, 6.07) is 0.318. The van der Waals surface area contributed by atoms with E-state index in [0.717, 1.165) is 12.8 Å². The van der Waals surface area contributed by atoms with Crippen molar-refractivity contribution in [2.45, 2.75) is 58.4 Å². The van der Waals surface area contributed by atoms with Gasteiger partial charge >= 0.3 is 0 Å². The predicted molar refractivity (Wildman–Crippen MR) is 69.9 cm³/mol. The molecule has 0 aromatic rings. The van der Waals surface area contributed by atoms with E-state index in [4.69, 9.17) is 0 Å². The summed E-state index contributed by atoms with van der Waals surface area (Å²) in [5.41, 5.74) is 0.344. The van der Waals surface area contributed by atoms with Gasteiger partial charge in [0.15, 0.2) is 0 Å². The number of hydrogen-bond donors (Lipinski definition) is 2. The zero-order valence-electron chi connectivity index (χ0n) is 11.4. The average Bonchev–Trinajstić information content (AvgIpc) is 2.28. The topological polar surface area (TPSA) is 58.2 Å². The van der Waals surface area contributed by atoms with Crippen LogP contribution in [0.5, 0.6) is 0 Å². The highest BCUT2D eigenvalue weighted by atomic mass is 16.2. The molecule has 2 unspecified atom stereocenters. The number of carbonyl (C=O) groups excluding carboxylic acids is 2. The zero-order valence-corrected chi connectivity index (χ0v) is 11.4. The molecule has 2 fully saturated rings. The van der Waals surface area contributed by atoms with Crippen LogP contribution in [0.2, 0.25) is 0 Å². The first kappa shape index (κ1) is 13.4. The van der Waals surface area contributed by atoms with Crippen LogP contribution in [0.25, 0.3) is 0 Å². The monoisotopic (exact) mass is 252 g/mol. The molecule has 1 saturated heterocycles. The van der Waals surface area contributed by atoms with Gasteiger partial charge in [-0.15, -0.1) is 0 Å². The molecule has 1 heterocycles. The van der Waals surface area contributed by atoms with Crippen LogP contribution < -0.4 is 10.6 Å². The second-order valence-corrected chi connectivity index (χ2v) is 6.51. The van der Waals surface area contributed by atoms with Crippen LogP contribution in [0, 0.1) is 11.3 Å². The van der Waals surface area contributed by atoms with E-state index in [1.165, 1.54) is 12.8 Å². The minimum Gasteiger partial charge on any atom is -0.355 e. The third-order valence-corrected chi connectivity index (χ3v) is 4.19. The summed E-state index contributed by atoms with van der Waals surface area (Å²) in [6.45, 7) is 5.04. The minimum absolute atomic E-state index is 0.0345. The van der Waals surface area contributed by atoms with Crippen molar-refractivity contribution in [3.05, 3.63) is 0 Å². The first-order valence-corrected chi connectivity index (χ1v) is 7.03. The molecule has 0 aromatic heterocycles. The maximum Gasteiger partial charge on any atom is 0.225 e. The molecule has 0 spiro atoms. The van der Waals surface area contributed by atoms with Gasteiger partial charge in [0.25, 0.3) is 0 Å². The van der Waals surface area contributed by atoms with Gasteiger partial charge in [0.2, 0.25) is 11.8 Å². The van der Waals surface area contributed by atoms with Gasteiger partial charge in [-0.3, -0.25) is 9.59 Å². The van der Waals surface area contributed by atoms with Gasteiger partial charge < -0.3 is 10.6 Å². The summed E-state index contributed by atoms with van der Waals surface area (Å²) in [5.74, 6) is 0.156. The largest absolute Gasteiger partial charge is 0.355 e. The smallest absolute Gasteiger partial charge is 0.225 e. The van der Waals surface area contributed by atoms with Crippen molar-refractivity contribution in [1.29, 1.82) is 0 Å². The summed E-state index contributed by atoms with van der Waals surface area (Å²) >= 11 is 0. The van der Waals surface area contributed by atoms with Crippen molar-refractivity contribution in [1.82, 2.24) is 10.6 Å². The average molecular weight is 252 g/mol. The Labute approximate surface area is 109 Å². The molecule has 0 radical (unpaired) electrons. The molecule has 2 amide bonds. The highest BCUT2D eigenvalue weighted by Gasteiger charge is 2.31. The summed E-state index contributed by atoms with van der Waals surface area (Å²) in [6.07, 6.45) is 5.77. The molecule has 1 saturated carbocycles. The van der Waals surface area contributed by atoms with E-state index in [9.17, 15) is 9.59 Å². The van der Waals surface area contributed by atoms with E-state index in [2.05, 4.69) is 24.5 Å². The number of piperidine rings is 1. The lowest BCUT2D eigenvalue weighted by Gasteiger charge is -2.36. The van der Waals surface area contributed by atoms with E-state index in [0.29, 0.717) is 30.8 Å². The summed E-state index contributed by atoms with van der Waals surface area (Å²) in [5, 5.41) is 5.94. The highest BCUT2D eigenvalue weighted by molar-refractivity contribution is 5.83. The predicted octanol–water partition coefficient (Wildman–Crippen LogP) is 1.60. The van der Waals surface area contributed by atoms with Crippen molar-refractivity contribution < 1.29 is 9.59 Å². The number of hydrogen-bond acceptors (Lipinski definition) is 2. The van der Waals surface area contributed by atoms with Crippen LogP contribution in [0.3, 0.4) is 0 Å². The molecule has 1 aliphatic carbocycles. The summed E-state index contributed by atoms with van der Waals surface area (Å²) in [7, 11) is 0. The van der Waals surface area contributed by atoms with Crippen LogP contribution in [0.1, 0.15) is 52.4 Å². The maximum atomic E-state index is 12.1. The Morgan fingerprint density at radius 3 is 2.78 bits per heavy atom. The second kappa shape index (κ2) is 5.29. The molecule has 4 heteroatoms. The lowest BCUT2D eigenvalue weighted by molar-refractivity contribution is -0.129. The van der Waals surface area contributed by atoms with Gasteiger partial charge in [-0.05, 0) is 31.1 Å². The van der Waals surface area contributed by atoms with E-state index in [1.54, 1.807) is 0 Å². The number of carbonyl (C=O) groups is 2. The Hall–Kier alpha value is -1.06. The molecule has 1 aliphatic heterocycles. The Balaban J connectivity index is 1.82. The molecule has 0 aromatic carbocycles. The van der Waals surface area contributed by atoms with Crippen LogP contribution >= 0.6 is 0 Å². The number of rotatable bonds is 2. The maximum absolute atomic E-state index is 12.1. The van der Waals surface area contributed by atoms with Gasteiger partial charge in [0.05, 0.1) is 5.92 Å². The normalized spacial score (nSPS) is 31.6. The molecule has 2 aliphatic rings. The first-order valence-electron chi connectivity index (χ1n) is 7.03. The van der Waals surface area contributed by atoms with Crippen molar-refractivity contribution in [2.24, 2.45) is 11.3 Å². The molecule has 2 rings (SSSR count). The van der Waals surface area contributed by atoms with Gasteiger partial charge in [-0.25, -0.2) is 0 Å². The molecule has 2 N–H and O–H groups in total. The third-order valence-electron chi connectivity index (χ3n) is 4.19. The lowest BCUT2D eigenvalue weighted by Crippen LogP contribution is -2.47. The summed E-state index contributed by atoms with van der Waals surface area (Å²) < 4.78 is 0. The Kier molecular flexibility index (Phi) is 3.93. The standard InChI is InChI=1S/C14H24N2O2/c1-14(2)7-3-4-11(8-14)16-13(18)10-5-6-12(17)15-9-10/h10-11H,3-9H2,1-2H3,(H,15,17)(H,16,18). The second-order valence-electron chi connectivity index (χ2n) is 6.51. The molecule has 4 nitrogen and oxygen atoms in total. The van der Waals surface area contributed by atoms with E-state index in [1.807, 2.05) is 0 Å². The quantitative estimate of drug-likeness (QED) is 0.784. The molecule has 18 heavy (non-hydrogen) atoms. The molecule has 2 atom stereocenters. The number of amides is 2. The fourth-order valence-electron chi connectivity index (χ4n) is 3.10. The third kappa shape index (κ3) is 3.47. The van der Waals surface area contributed by atoms with Crippen molar-refractivity contribution in [3.8, 4) is 0 Å². The van der Waals surface area contributed by atoms with Crippen LogP contribution in [-0.4, -0.2) is 24.4 Å². The molecular formula is C14H24N2O2. The van der Waals surface area contributed by atoms with Crippen LogP contribution in [0.4, 0.5) is 0 Å². The van der Waals surface area contributed by atoms with E-state index < -0.39 is 0 Å². The van der Waals surface area contributed by atoms with Crippen molar-refractivity contribution in [2.75, 3.05) is 6.54 Å². The SMILES string of the molecule is CC1(C)CCCC(NC(=O)C2CCC(=O)NC2)C1. The molecular weight excluding hydrogens is 228 g/mol. The Morgan fingerprint density at radius 1 is 1.39 bits per heavy atom. The molecule has 102 valence electrons. The first-order chi connectivity index (χ1) is 8.46. The van der Waals surface area contributed by atoms with Crippen molar-refractivity contribution in [3.63, 3.8) is 0 Å². The van der Waals surface area contributed by atoms with Gasteiger partial charge in [0.1, 0.15) is 0 Å². The zero-order chi connectivity index (χ0) is 13.2. The Morgan fingerprint density at radius 2 is 2.17 bits per heavy atom. The van der Waals surface area contributed by atoms with Gasteiger partial charge in [-0.1, -0.05) is 20.3 Å². The van der Waals surface area contributed by atoms with Gasteiger partial charge in [-0.2, -0.15) is 0 Å². The van der Waals surface area contributed by atoms with Crippen LogP contribution in [0.15, 0.2) is 0 Å². The Bertz CT molecular complexity index is 329. The van der Waals surface area contributed by atoms with E-state index in [-0.39, 0.29) is 17.7 Å². The van der Waals surface area contributed by atoms with Gasteiger partial charge in [0, 0.05) is 19.0 Å².